The van der Waals surface area contributed by atoms with E-state index in [9.17, 15) is 0 Å². The van der Waals surface area contributed by atoms with E-state index in [0.29, 0.717) is 0 Å². The zero-order valence-corrected chi connectivity index (χ0v) is 9.69. The second kappa shape index (κ2) is 4.88. The summed E-state index contributed by atoms with van der Waals surface area (Å²) in [7, 11) is 1.66. The minimum atomic E-state index is 0.848. The standard InChI is InChI=1S/C14H16O2/c1-11-3-5-13(6-4-11)16-14-9-7-12(15-2)8-10-14/h3,5,7-10H,4,6H2,1-2H3. The highest BCUT2D eigenvalue weighted by atomic mass is 16.5. The van der Waals surface area contributed by atoms with Gasteiger partial charge in [-0.3, -0.25) is 0 Å². The first-order chi connectivity index (χ1) is 7.78. The third-order valence-electron chi connectivity index (χ3n) is 2.63. The molecule has 0 atom stereocenters. The van der Waals surface area contributed by atoms with E-state index >= 15 is 0 Å². The molecule has 1 aromatic carbocycles. The van der Waals surface area contributed by atoms with Crippen molar-refractivity contribution >= 4 is 0 Å². The van der Waals surface area contributed by atoms with Gasteiger partial charge >= 0.3 is 0 Å². The molecule has 0 saturated heterocycles. The van der Waals surface area contributed by atoms with E-state index in [4.69, 9.17) is 9.47 Å². The van der Waals surface area contributed by atoms with Crippen LogP contribution in [0.2, 0.25) is 0 Å². The Morgan fingerprint density at radius 2 is 1.62 bits per heavy atom. The van der Waals surface area contributed by atoms with Gasteiger partial charge in [-0.05, 0) is 43.7 Å². The molecule has 0 saturated carbocycles. The van der Waals surface area contributed by atoms with E-state index in [1.54, 1.807) is 7.11 Å². The summed E-state index contributed by atoms with van der Waals surface area (Å²) in [6.45, 7) is 2.14. The van der Waals surface area contributed by atoms with Crippen molar-refractivity contribution < 1.29 is 9.47 Å². The molecular formula is C14H16O2. The first kappa shape index (κ1) is 10.8. The molecule has 0 bridgehead atoms. The lowest BCUT2D eigenvalue weighted by Crippen LogP contribution is -1.99. The molecule has 1 aromatic rings. The molecular weight excluding hydrogens is 200 g/mol. The normalized spacial score (nSPS) is 15.1. The van der Waals surface area contributed by atoms with Gasteiger partial charge in [-0.1, -0.05) is 11.6 Å². The van der Waals surface area contributed by atoms with Gasteiger partial charge in [0.25, 0.3) is 0 Å². The molecule has 0 fully saturated rings. The van der Waals surface area contributed by atoms with E-state index in [0.717, 1.165) is 30.1 Å². The Morgan fingerprint density at radius 3 is 2.19 bits per heavy atom. The number of allylic oxidation sites excluding steroid dienone is 4. The van der Waals surface area contributed by atoms with Gasteiger partial charge in [-0.2, -0.15) is 0 Å². The summed E-state index contributed by atoms with van der Waals surface area (Å²) in [5.74, 6) is 2.73. The average molecular weight is 216 g/mol. The lowest BCUT2D eigenvalue weighted by molar-refractivity contribution is 0.395. The number of hydrogen-bond donors (Lipinski definition) is 0. The Kier molecular flexibility index (Phi) is 3.30. The molecule has 2 rings (SSSR count). The molecule has 0 aromatic heterocycles. The monoisotopic (exact) mass is 216 g/mol. The van der Waals surface area contributed by atoms with Crippen molar-refractivity contribution in [3.05, 3.63) is 47.7 Å². The molecule has 84 valence electrons. The van der Waals surface area contributed by atoms with Crippen LogP contribution in [-0.4, -0.2) is 7.11 Å². The molecule has 0 aliphatic heterocycles. The minimum absolute atomic E-state index is 0.848. The van der Waals surface area contributed by atoms with Gasteiger partial charge in [0.05, 0.1) is 7.11 Å². The highest BCUT2D eigenvalue weighted by Crippen LogP contribution is 2.23. The van der Waals surface area contributed by atoms with Gasteiger partial charge in [0.15, 0.2) is 0 Å². The van der Waals surface area contributed by atoms with E-state index in [-0.39, 0.29) is 0 Å². The van der Waals surface area contributed by atoms with Crippen LogP contribution in [-0.2, 0) is 0 Å². The average Bonchev–Trinajstić information content (AvgIpc) is 2.33. The summed E-state index contributed by atoms with van der Waals surface area (Å²) in [6, 6.07) is 7.65. The molecule has 0 radical (unpaired) electrons. The first-order valence-electron chi connectivity index (χ1n) is 5.46. The fraction of sp³-hybridized carbons (Fsp3) is 0.286. The minimum Gasteiger partial charge on any atom is -0.497 e. The summed E-state index contributed by atoms with van der Waals surface area (Å²) < 4.78 is 10.9. The van der Waals surface area contributed by atoms with Crippen LogP contribution < -0.4 is 9.47 Å². The number of hydrogen-bond acceptors (Lipinski definition) is 2. The maximum atomic E-state index is 5.76. The second-order valence-corrected chi connectivity index (χ2v) is 3.92. The number of benzene rings is 1. The quantitative estimate of drug-likeness (QED) is 0.767. The molecule has 16 heavy (non-hydrogen) atoms. The van der Waals surface area contributed by atoms with Crippen LogP contribution in [0.3, 0.4) is 0 Å². The van der Waals surface area contributed by atoms with E-state index in [1.165, 1.54) is 5.57 Å². The third kappa shape index (κ3) is 2.66. The summed E-state index contributed by atoms with van der Waals surface area (Å²) >= 11 is 0. The van der Waals surface area contributed by atoms with Gasteiger partial charge in [-0.15, -0.1) is 0 Å². The van der Waals surface area contributed by atoms with Crippen LogP contribution in [0.1, 0.15) is 19.8 Å². The Labute approximate surface area is 96.2 Å². The first-order valence-corrected chi connectivity index (χ1v) is 5.46. The van der Waals surface area contributed by atoms with Crippen LogP contribution in [0.25, 0.3) is 0 Å². The van der Waals surface area contributed by atoms with Gasteiger partial charge < -0.3 is 9.47 Å². The topological polar surface area (TPSA) is 18.5 Å². The van der Waals surface area contributed by atoms with E-state index < -0.39 is 0 Å². The summed E-state index contributed by atoms with van der Waals surface area (Å²) in [5.41, 5.74) is 1.40. The van der Waals surface area contributed by atoms with Crippen molar-refractivity contribution in [2.75, 3.05) is 7.11 Å². The van der Waals surface area contributed by atoms with E-state index in [2.05, 4.69) is 13.0 Å². The van der Waals surface area contributed by atoms with Crippen molar-refractivity contribution in [1.29, 1.82) is 0 Å². The van der Waals surface area contributed by atoms with Crippen molar-refractivity contribution in [2.24, 2.45) is 0 Å². The van der Waals surface area contributed by atoms with Gasteiger partial charge in [-0.25, -0.2) is 0 Å². The second-order valence-electron chi connectivity index (χ2n) is 3.92. The highest BCUT2D eigenvalue weighted by molar-refractivity contribution is 5.33. The van der Waals surface area contributed by atoms with Crippen LogP contribution in [0.15, 0.2) is 47.7 Å². The largest absolute Gasteiger partial charge is 0.497 e. The zero-order valence-electron chi connectivity index (χ0n) is 9.69. The fourth-order valence-electron chi connectivity index (χ4n) is 1.60. The molecule has 0 N–H and O–H groups in total. The van der Waals surface area contributed by atoms with Crippen molar-refractivity contribution in [2.45, 2.75) is 19.8 Å². The predicted molar refractivity (Wildman–Crippen MR) is 64.7 cm³/mol. The lowest BCUT2D eigenvalue weighted by atomic mass is 10.1. The summed E-state index contributed by atoms with van der Waals surface area (Å²) in [6.07, 6.45) is 6.22. The molecule has 1 aliphatic carbocycles. The molecule has 2 nitrogen and oxygen atoms in total. The zero-order chi connectivity index (χ0) is 11.4. The molecule has 0 amide bonds. The molecule has 0 heterocycles. The van der Waals surface area contributed by atoms with E-state index in [1.807, 2.05) is 30.3 Å². The molecule has 0 unspecified atom stereocenters. The molecule has 0 spiro atoms. The fourth-order valence-corrected chi connectivity index (χ4v) is 1.60. The SMILES string of the molecule is COc1ccc(OC2=CC=C(C)CC2)cc1. The highest BCUT2D eigenvalue weighted by Gasteiger charge is 2.05. The van der Waals surface area contributed by atoms with Crippen LogP contribution in [0.4, 0.5) is 0 Å². The maximum absolute atomic E-state index is 5.76. The van der Waals surface area contributed by atoms with Crippen molar-refractivity contribution in [1.82, 2.24) is 0 Å². The lowest BCUT2D eigenvalue weighted by Gasteiger charge is -2.13. The predicted octanol–water partition coefficient (Wildman–Crippen LogP) is 3.70. The number of ether oxygens (including phenoxy) is 2. The Hall–Kier alpha value is -1.70. The van der Waals surface area contributed by atoms with Gasteiger partial charge in [0.1, 0.15) is 17.3 Å². The maximum Gasteiger partial charge on any atom is 0.127 e. The van der Waals surface area contributed by atoms with Crippen molar-refractivity contribution in [3.8, 4) is 11.5 Å². The van der Waals surface area contributed by atoms with Gasteiger partial charge in [0.2, 0.25) is 0 Å². The third-order valence-corrected chi connectivity index (χ3v) is 2.63. The van der Waals surface area contributed by atoms with Crippen LogP contribution in [0.5, 0.6) is 11.5 Å². The Bertz CT molecular complexity index is 413. The number of methoxy groups -OCH3 is 1. The van der Waals surface area contributed by atoms with Gasteiger partial charge in [0, 0.05) is 6.42 Å². The van der Waals surface area contributed by atoms with Crippen LogP contribution >= 0.6 is 0 Å². The summed E-state index contributed by atoms with van der Waals surface area (Å²) in [5, 5.41) is 0. The van der Waals surface area contributed by atoms with Crippen LogP contribution in [0, 0.1) is 0 Å². The molecule has 2 heteroatoms. The van der Waals surface area contributed by atoms with Crippen molar-refractivity contribution in [3.63, 3.8) is 0 Å². The number of rotatable bonds is 3. The summed E-state index contributed by atoms with van der Waals surface area (Å²) in [4.78, 5) is 0. The molecule has 1 aliphatic rings. The Morgan fingerprint density at radius 1 is 0.938 bits per heavy atom. The Balaban J connectivity index is 2.04. The smallest absolute Gasteiger partial charge is 0.127 e.